The summed E-state index contributed by atoms with van der Waals surface area (Å²) in [5.41, 5.74) is 2.98. The zero-order valence-corrected chi connectivity index (χ0v) is 14.7. The van der Waals surface area contributed by atoms with Crippen molar-refractivity contribution in [3.05, 3.63) is 16.1 Å². The number of rotatable bonds is 9. The Kier molecular flexibility index (Phi) is 9.06. The van der Waals surface area contributed by atoms with E-state index in [1.165, 1.54) is 37.0 Å². The van der Waals surface area contributed by atoms with Crippen LogP contribution in [0, 0.1) is 6.92 Å². The number of unbranched alkanes of at least 4 members (excludes halogenated alkanes) is 3. The van der Waals surface area contributed by atoms with Crippen LogP contribution in [0.3, 0.4) is 0 Å². The van der Waals surface area contributed by atoms with E-state index >= 15 is 0 Å². The summed E-state index contributed by atoms with van der Waals surface area (Å²) in [6.45, 7) is 10.2. The average molecular weight is 311 g/mol. The van der Waals surface area contributed by atoms with Gasteiger partial charge in [0.1, 0.15) is 0 Å². The highest BCUT2D eigenvalue weighted by Crippen LogP contribution is 2.13. The zero-order valence-electron chi connectivity index (χ0n) is 13.9. The molecule has 0 aliphatic rings. The molecule has 1 heterocycles. The molecule has 0 aromatic carbocycles. The van der Waals surface area contributed by atoms with Crippen molar-refractivity contribution in [2.45, 2.75) is 72.4 Å². The molecule has 0 amide bonds. The smallest absolute Gasteiger partial charge is 0.191 e. The molecule has 0 bridgehead atoms. The number of thiazole rings is 1. The Balaban J connectivity index is 2.42. The third-order valence-electron chi connectivity index (χ3n) is 3.44. The van der Waals surface area contributed by atoms with Crippen molar-refractivity contribution in [2.24, 2.45) is 4.99 Å². The molecule has 1 unspecified atom stereocenters. The van der Waals surface area contributed by atoms with Crippen LogP contribution in [0.25, 0.3) is 0 Å². The quantitative estimate of drug-likeness (QED) is 0.413. The fraction of sp³-hybridized carbons (Fsp3) is 0.750. The normalized spacial score (nSPS) is 13.2. The van der Waals surface area contributed by atoms with Crippen molar-refractivity contribution < 1.29 is 0 Å². The van der Waals surface area contributed by atoms with Gasteiger partial charge in [-0.2, -0.15) is 0 Å². The van der Waals surface area contributed by atoms with Gasteiger partial charge in [-0.1, -0.05) is 32.6 Å². The zero-order chi connectivity index (χ0) is 15.5. The van der Waals surface area contributed by atoms with E-state index < -0.39 is 0 Å². The van der Waals surface area contributed by atoms with Crippen molar-refractivity contribution in [3.8, 4) is 0 Å². The molecule has 0 saturated heterocycles. The Hall–Kier alpha value is -1.10. The van der Waals surface area contributed by atoms with Gasteiger partial charge < -0.3 is 10.6 Å². The summed E-state index contributed by atoms with van der Waals surface area (Å²) in [4.78, 5) is 10.2. The predicted octanol–water partition coefficient (Wildman–Crippen LogP) is 3.87. The molecular formula is C16H30N4S. The number of aliphatic imine (C=N–C) groups is 1. The van der Waals surface area contributed by atoms with Gasteiger partial charge in [0.25, 0.3) is 0 Å². The van der Waals surface area contributed by atoms with Gasteiger partial charge in [0.15, 0.2) is 5.96 Å². The molecule has 4 nitrogen and oxygen atoms in total. The molecule has 5 heteroatoms. The first-order valence-electron chi connectivity index (χ1n) is 8.11. The molecule has 1 rings (SSSR count). The van der Waals surface area contributed by atoms with Gasteiger partial charge >= 0.3 is 0 Å². The molecule has 0 radical (unpaired) electrons. The summed E-state index contributed by atoms with van der Waals surface area (Å²) >= 11 is 1.67. The van der Waals surface area contributed by atoms with E-state index in [-0.39, 0.29) is 0 Å². The van der Waals surface area contributed by atoms with Crippen molar-refractivity contribution in [1.82, 2.24) is 15.6 Å². The summed E-state index contributed by atoms with van der Waals surface area (Å²) in [5, 5.41) is 6.82. The lowest BCUT2D eigenvalue weighted by Gasteiger charge is -2.17. The molecule has 0 saturated carbocycles. The van der Waals surface area contributed by atoms with E-state index in [0.717, 1.165) is 18.2 Å². The first-order chi connectivity index (χ1) is 10.2. The lowest BCUT2D eigenvalue weighted by molar-refractivity contribution is 0.537. The van der Waals surface area contributed by atoms with Crippen molar-refractivity contribution in [2.75, 3.05) is 6.54 Å². The van der Waals surface area contributed by atoms with Crippen LogP contribution in [0.15, 0.2) is 10.5 Å². The maximum Gasteiger partial charge on any atom is 0.191 e. The summed E-state index contributed by atoms with van der Waals surface area (Å²) in [7, 11) is 0. The van der Waals surface area contributed by atoms with Gasteiger partial charge in [-0.3, -0.25) is 0 Å². The minimum absolute atomic E-state index is 0.460. The molecule has 1 atom stereocenters. The summed E-state index contributed by atoms with van der Waals surface area (Å²) < 4.78 is 0. The number of guanidine groups is 1. The molecule has 0 aliphatic heterocycles. The van der Waals surface area contributed by atoms with Gasteiger partial charge in [-0.05, 0) is 27.2 Å². The van der Waals surface area contributed by atoms with Gasteiger partial charge in [-0.15, -0.1) is 11.3 Å². The molecule has 0 aliphatic carbocycles. The van der Waals surface area contributed by atoms with Crippen LogP contribution in [0.1, 0.15) is 63.4 Å². The number of nitrogens with zero attached hydrogens (tertiary/aromatic N) is 2. The molecule has 1 aromatic rings. The maximum atomic E-state index is 4.67. The molecule has 21 heavy (non-hydrogen) atoms. The largest absolute Gasteiger partial charge is 0.357 e. The van der Waals surface area contributed by atoms with Crippen LogP contribution >= 0.6 is 11.3 Å². The lowest BCUT2D eigenvalue weighted by atomic mass is 10.1. The summed E-state index contributed by atoms with van der Waals surface area (Å²) in [5.74, 6) is 0.910. The minimum atomic E-state index is 0.460. The maximum absolute atomic E-state index is 4.67. The second-order valence-electron chi connectivity index (χ2n) is 5.45. The fourth-order valence-corrected chi connectivity index (χ4v) is 2.83. The van der Waals surface area contributed by atoms with Crippen LogP contribution < -0.4 is 10.6 Å². The summed E-state index contributed by atoms with van der Waals surface area (Å²) in [6.07, 6.45) is 6.45. The Morgan fingerprint density at radius 1 is 1.33 bits per heavy atom. The number of hydrogen-bond donors (Lipinski definition) is 2. The monoisotopic (exact) mass is 310 g/mol. The molecule has 1 aromatic heterocycles. The van der Waals surface area contributed by atoms with Crippen molar-refractivity contribution in [1.29, 1.82) is 0 Å². The SMILES string of the molecule is CCCCCCC(C)NC(=NCc1scnc1C)NCC. The minimum Gasteiger partial charge on any atom is -0.357 e. The third kappa shape index (κ3) is 7.46. The average Bonchev–Trinajstić information content (AvgIpc) is 2.87. The highest BCUT2D eigenvalue weighted by atomic mass is 32.1. The van der Waals surface area contributed by atoms with E-state index in [1.54, 1.807) is 11.3 Å². The molecule has 0 fully saturated rings. The lowest BCUT2D eigenvalue weighted by Crippen LogP contribution is -2.42. The van der Waals surface area contributed by atoms with E-state index in [4.69, 9.17) is 0 Å². The van der Waals surface area contributed by atoms with Crippen LogP contribution in [0.5, 0.6) is 0 Å². The van der Waals surface area contributed by atoms with Crippen LogP contribution in [0.4, 0.5) is 0 Å². The Morgan fingerprint density at radius 2 is 2.14 bits per heavy atom. The molecule has 2 N–H and O–H groups in total. The molecule has 120 valence electrons. The summed E-state index contributed by atoms with van der Waals surface area (Å²) in [6, 6.07) is 0.460. The Morgan fingerprint density at radius 3 is 2.76 bits per heavy atom. The highest BCUT2D eigenvalue weighted by Gasteiger charge is 2.06. The van der Waals surface area contributed by atoms with E-state index in [0.29, 0.717) is 12.6 Å². The Bertz CT molecular complexity index is 414. The molecular weight excluding hydrogens is 280 g/mol. The van der Waals surface area contributed by atoms with Crippen molar-refractivity contribution in [3.63, 3.8) is 0 Å². The first kappa shape index (κ1) is 18.0. The van der Waals surface area contributed by atoms with Gasteiger partial charge in [0.2, 0.25) is 0 Å². The van der Waals surface area contributed by atoms with Crippen molar-refractivity contribution >= 4 is 17.3 Å². The van der Waals surface area contributed by atoms with Gasteiger partial charge in [0.05, 0.1) is 17.7 Å². The predicted molar refractivity (Wildman–Crippen MR) is 93.0 cm³/mol. The number of aryl methyl sites for hydroxylation is 1. The standard InChI is InChI=1S/C16H30N4S/c1-5-7-8-9-10-13(3)20-16(17-6-2)18-11-15-14(4)19-12-21-15/h12-13H,5-11H2,1-4H3,(H2,17,18,20). The van der Waals surface area contributed by atoms with Gasteiger partial charge in [-0.25, -0.2) is 9.98 Å². The number of aromatic nitrogens is 1. The van der Waals surface area contributed by atoms with Gasteiger partial charge in [0, 0.05) is 17.5 Å². The second-order valence-corrected chi connectivity index (χ2v) is 6.39. The van der Waals surface area contributed by atoms with E-state index in [2.05, 4.69) is 41.4 Å². The fourth-order valence-electron chi connectivity index (χ4n) is 2.13. The first-order valence-corrected chi connectivity index (χ1v) is 8.99. The third-order valence-corrected chi connectivity index (χ3v) is 4.36. The van der Waals surface area contributed by atoms with Crippen LogP contribution in [0.2, 0.25) is 0 Å². The number of hydrogen-bond acceptors (Lipinski definition) is 3. The number of nitrogens with one attached hydrogen (secondary N) is 2. The van der Waals surface area contributed by atoms with E-state index in [1.807, 2.05) is 12.4 Å². The van der Waals surface area contributed by atoms with Crippen LogP contribution in [-0.4, -0.2) is 23.5 Å². The second kappa shape index (κ2) is 10.6. The topological polar surface area (TPSA) is 49.3 Å². The molecule has 0 spiro atoms. The van der Waals surface area contributed by atoms with E-state index in [9.17, 15) is 0 Å². The van der Waals surface area contributed by atoms with Crippen LogP contribution in [-0.2, 0) is 6.54 Å². The highest BCUT2D eigenvalue weighted by molar-refractivity contribution is 7.09. The Labute approximate surface area is 133 Å².